The van der Waals surface area contributed by atoms with E-state index in [-0.39, 0.29) is 5.60 Å². The van der Waals surface area contributed by atoms with E-state index in [1.54, 1.807) is 0 Å². The molecular weight excluding hydrogens is 239 g/mol. The fourth-order valence-corrected chi connectivity index (χ4v) is 1.85. The summed E-state index contributed by atoms with van der Waals surface area (Å²) in [4.78, 5) is 0. The van der Waals surface area contributed by atoms with Crippen molar-refractivity contribution in [1.29, 1.82) is 0 Å². The van der Waals surface area contributed by atoms with Crippen molar-refractivity contribution < 1.29 is 4.74 Å². The van der Waals surface area contributed by atoms with E-state index < -0.39 is 0 Å². The molecule has 1 aliphatic heterocycles. The standard InChI is InChI=1S/C9H8BrClO/c1-9(5-12-9)7-4-6(10)2-3-8(7)11/h2-4H,5H2,1H3. The summed E-state index contributed by atoms with van der Waals surface area (Å²) in [6.45, 7) is 2.81. The molecule has 1 aliphatic rings. The van der Waals surface area contributed by atoms with Gasteiger partial charge in [0.15, 0.2) is 0 Å². The van der Waals surface area contributed by atoms with Gasteiger partial charge in [0.2, 0.25) is 0 Å². The molecule has 0 amide bonds. The van der Waals surface area contributed by atoms with Crippen molar-refractivity contribution in [2.24, 2.45) is 0 Å². The summed E-state index contributed by atoms with van der Waals surface area (Å²) in [6, 6.07) is 5.82. The van der Waals surface area contributed by atoms with E-state index in [9.17, 15) is 0 Å². The van der Waals surface area contributed by atoms with Gasteiger partial charge in [-0.3, -0.25) is 0 Å². The Morgan fingerprint density at radius 3 is 2.83 bits per heavy atom. The van der Waals surface area contributed by atoms with Crippen LogP contribution in [-0.2, 0) is 10.3 Å². The minimum Gasteiger partial charge on any atom is -0.365 e. The summed E-state index contributed by atoms with van der Waals surface area (Å²) in [6.07, 6.45) is 0. The Bertz CT molecular complexity index is 320. The maximum absolute atomic E-state index is 6.02. The van der Waals surface area contributed by atoms with Crippen LogP contribution in [0.4, 0.5) is 0 Å². The Morgan fingerprint density at radius 2 is 2.25 bits per heavy atom. The van der Waals surface area contributed by atoms with Gasteiger partial charge in [-0.2, -0.15) is 0 Å². The van der Waals surface area contributed by atoms with Gasteiger partial charge in [-0.05, 0) is 25.1 Å². The van der Waals surface area contributed by atoms with Crippen LogP contribution in [0.5, 0.6) is 0 Å². The molecule has 0 radical (unpaired) electrons. The van der Waals surface area contributed by atoms with Crippen LogP contribution in [0.1, 0.15) is 12.5 Å². The lowest BCUT2D eigenvalue weighted by Crippen LogP contribution is -2.02. The summed E-state index contributed by atoms with van der Waals surface area (Å²) >= 11 is 9.42. The first-order chi connectivity index (χ1) is 5.62. The first-order valence-corrected chi connectivity index (χ1v) is 4.88. The van der Waals surface area contributed by atoms with Gasteiger partial charge >= 0.3 is 0 Å². The fourth-order valence-electron chi connectivity index (χ4n) is 1.17. The lowest BCUT2D eigenvalue weighted by molar-refractivity contribution is 0.329. The van der Waals surface area contributed by atoms with E-state index in [4.69, 9.17) is 16.3 Å². The highest BCUT2D eigenvalue weighted by atomic mass is 79.9. The minimum absolute atomic E-state index is 0.138. The van der Waals surface area contributed by atoms with Crippen LogP contribution in [0.2, 0.25) is 5.02 Å². The largest absolute Gasteiger partial charge is 0.365 e. The number of hydrogen-bond donors (Lipinski definition) is 0. The fraction of sp³-hybridized carbons (Fsp3) is 0.333. The van der Waals surface area contributed by atoms with Gasteiger partial charge in [-0.15, -0.1) is 0 Å². The zero-order valence-electron chi connectivity index (χ0n) is 6.60. The Balaban J connectivity index is 2.48. The molecule has 1 atom stereocenters. The van der Waals surface area contributed by atoms with Crippen molar-refractivity contribution in [2.45, 2.75) is 12.5 Å². The average Bonchev–Trinajstić information content (AvgIpc) is 2.75. The summed E-state index contributed by atoms with van der Waals surface area (Å²) in [7, 11) is 0. The molecule has 0 saturated carbocycles. The predicted octanol–water partition coefficient (Wildman–Crippen LogP) is 3.35. The SMILES string of the molecule is CC1(c2cc(Br)ccc2Cl)CO1. The molecule has 3 heteroatoms. The lowest BCUT2D eigenvalue weighted by Gasteiger charge is -2.07. The number of epoxide rings is 1. The van der Waals surface area contributed by atoms with Crippen LogP contribution in [0.15, 0.2) is 22.7 Å². The smallest absolute Gasteiger partial charge is 0.115 e. The highest BCUT2D eigenvalue weighted by Gasteiger charge is 2.42. The lowest BCUT2D eigenvalue weighted by atomic mass is 10.0. The maximum atomic E-state index is 6.02. The highest BCUT2D eigenvalue weighted by Crippen LogP contribution is 2.42. The number of ether oxygens (including phenoxy) is 1. The molecule has 0 spiro atoms. The number of rotatable bonds is 1. The Labute approximate surface area is 84.8 Å². The highest BCUT2D eigenvalue weighted by molar-refractivity contribution is 9.10. The molecule has 0 N–H and O–H groups in total. The second-order valence-electron chi connectivity index (χ2n) is 3.14. The average molecular weight is 248 g/mol. The van der Waals surface area contributed by atoms with Crippen molar-refractivity contribution in [3.8, 4) is 0 Å². The first-order valence-electron chi connectivity index (χ1n) is 3.71. The molecule has 1 fully saturated rings. The molecule has 0 bridgehead atoms. The van der Waals surface area contributed by atoms with Crippen LogP contribution in [0, 0.1) is 0 Å². The molecule has 1 saturated heterocycles. The Kier molecular flexibility index (Phi) is 1.94. The van der Waals surface area contributed by atoms with Gasteiger partial charge in [-0.25, -0.2) is 0 Å². The monoisotopic (exact) mass is 246 g/mol. The van der Waals surface area contributed by atoms with Crippen molar-refractivity contribution in [3.63, 3.8) is 0 Å². The summed E-state index contributed by atoms with van der Waals surface area (Å²) < 4.78 is 6.35. The zero-order chi connectivity index (χ0) is 8.77. The van der Waals surface area contributed by atoms with Crippen LogP contribution < -0.4 is 0 Å². The van der Waals surface area contributed by atoms with E-state index >= 15 is 0 Å². The zero-order valence-corrected chi connectivity index (χ0v) is 8.95. The van der Waals surface area contributed by atoms with Gasteiger partial charge < -0.3 is 4.74 Å². The van der Waals surface area contributed by atoms with Crippen molar-refractivity contribution in [1.82, 2.24) is 0 Å². The third-order valence-corrected chi connectivity index (χ3v) is 2.90. The van der Waals surface area contributed by atoms with Gasteiger partial charge in [0.25, 0.3) is 0 Å². The predicted molar refractivity (Wildman–Crippen MR) is 52.5 cm³/mol. The third-order valence-electron chi connectivity index (χ3n) is 2.08. The number of hydrogen-bond acceptors (Lipinski definition) is 1. The molecule has 2 rings (SSSR count). The number of benzene rings is 1. The van der Waals surface area contributed by atoms with Crippen LogP contribution in [0.25, 0.3) is 0 Å². The van der Waals surface area contributed by atoms with Gasteiger partial charge in [0, 0.05) is 15.1 Å². The number of halogens is 2. The van der Waals surface area contributed by atoms with E-state index in [0.717, 1.165) is 21.7 Å². The Morgan fingerprint density at radius 1 is 1.58 bits per heavy atom. The molecule has 1 aromatic carbocycles. The molecule has 12 heavy (non-hydrogen) atoms. The van der Waals surface area contributed by atoms with E-state index in [1.807, 2.05) is 25.1 Å². The second kappa shape index (κ2) is 2.72. The van der Waals surface area contributed by atoms with Crippen molar-refractivity contribution in [3.05, 3.63) is 33.3 Å². The molecule has 1 aromatic rings. The summed E-state index contributed by atoms with van der Waals surface area (Å²) in [5.74, 6) is 0. The molecule has 1 unspecified atom stereocenters. The van der Waals surface area contributed by atoms with E-state index in [2.05, 4.69) is 15.9 Å². The van der Waals surface area contributed by atoms with Crippen molar-refractivity contribution >= 4 is 27.5 Å². The van der Waals surface area contributed by atoms with Gasteiger partial charge in [0.05, 0.1) is 6.61 Å². The molecule has 1 heterocycles. The van der Waals surface area contributed by atoms with Gasteiger partial charge in [-0.1, -0.05) is 27.5 Å². The summed E-state index contributed by atoms with van der Waals surface area (Å²) in [5, 5.41) is 0.776. The van der Waals surface area contributed by atoms with Crippen LogP contribution >= 0.6 is 27.5 Å². The molecule has 1 nitrogen and oxygen atoms in total. The summed E-state index contributed by atoms with van der Waals surface area (Å²) in [5.41, 5.74) is 0.930. The quantitative estimate of drug-likeness (QED) is 0.694. The van der Waals surface area contributed by atoms with Crippen molar-refractivity contribution in [2.75, 3.05) is 6.61 Å². The van der Waals surface area contributed by atoms with E-state index in [1.165, 1.54) is 0 Å². The van der Waals surface area contributed by atoms with Crippen LogP contribution in [-0.4, -0.2) is 6.61 Å². The third kappa shape index (κ3) is 1.39. The van der Waals surface area contributed by atoms with Crippen LogP contribution in [0.3, 0.4) is 0 Å². The molecular formula is C9H8BrClO. The van der Waals surface area contributed by atoms with E-state index in [0.29, 0.717) is 0 Å². The maximum Gasteiger partial charge on any atom is 0.115 e. The van der Waals surface area contributed by atoms with Gasteiger partial charge in [0.1, 0.15) is 5.60 Å². The first kappa shape index (κ1) is 8.54. The normalized spacial score (nSPS) is 27.2. The topological polar surface area (TPSA) is 12.5 Å². The Hall–Kier alpha value is -0.0500. The minimum atomic E-state index is -0.138. The molecule has 64 valence electrons. The second-order valence-corrected chi connectivity index (χ2v) is 4.47. The molecule has 0 aromatic heterocycles. The molecule has 0 aliphatic carbocycles.